The summed E-state index contributed by atoms with van der Waals surface area (Å²) in [6.07, 6.45) is -4.56. The molecule has 3 aromatic rings. The van der Waals surface area contributed by atoms with Crippen molar-refractivity contribution >= 4 is 11.1 Å². The Labute approximate surface area is 144 Å². The fraction of sp³-hybridized carbons (Fsp3) is 0.118. The lowest BCUT2D eigenvalue weighted by Crippen LogP contribution is -2.07. The van der Waals surface area contributed by atoms with E-state index in [1.54, 1.807) is 54.6 Å². The Balaban J connectivity index is 2.08. The number of nitrogens with zero attached hydrogens (tertiary/aromatic N) is 2. The van der Waals surface area contributed by atoms with Crippen LogP contribution in [0.25, 0.3) is 16.9 Å². The Morgan fingerprint density at radius 2 is 1.68 bits per heavy atom. The first-order chi connectivity index (χ1) is 11.8. The van der Waals surface area contributed by atoms with Gasteiger partial charge in [0.05, 0.1) is 11.4 Å². The van der Waals surface area contributed by atoms with Crippen molar-refractivity contribution in [1.29, 1.82) is 0 Å². The van der Waals surface area contributed by atoms with Crippen molar-refractivity contribution in [3.05, 3.63) is 71.9 Å². The van der Waals surface area contributed by atoms with Crippen molar-refractivity contribution in [1.82, 2.24) is 9.78 Å². The van der Waals surface area contributed by atoms with E-state index >= 15 is 0 Å². The maximum atomic E-state index is 13.1. The van der Waals surface area contributed by atoms with Gasteiger partial charge in [0.2, 0.25) is 0 Å². The van der Waals surface area contributed by atoms with Crippen molar-refractivity contribution in [3.8, 4) is 16.9 Å². The van der Waals surface area contributed by atoms with E-state index in [2.05, 4.69) is 5.10 Å². The average Bonchev–Trinajstić information content (AvgIpc) is 3.01. The molecule has 2 aromatic carbocycles. The van der Waals surface area contributed by atoms with Gasteiger partial charge in [0.1, 0.15) is 0 Å². The number of para-hydroxylation sites is 1. The fourth-order valence-electron chi connectivity index (χ4n) is 2.40. The molecule has 0 radical (unpaired) electrons. The molecule has 130 valence electrons. The standard InChI is InChI=1S/C17H13F3N2O2S/c18-17(19,20)16-10-15(22(21-16)14-4-2-1-3-5-14)13-8-6-12(7-9-13)11-25(23)24/h1-10H,11H2,(H,23,24)/p-1. The lowest BCUT2D eigenvalue weighted by Gasteiger charge is -2.09. The van der Waals surface area contributed by atoms with Gasteiger partial charge in [-0.2, -0.15) is 18.3 Å². The van der Waals surface area contributed by atoms with Crippen LogP contribution < -0.4 is 0 Å². The second-order valence-electron chi connectivity index (χ2n) is 5.30. The molecule has 8 heteroatoms. The van der Waals surface area contributed by atoms with Crippen molar-refractivity contribution in [2.75, 3.05) is 0 Å². The minimum absolute atomic E-state index is 0.147. The molecule has 1 aromatic heterocycles. The molecule has 0 aliphatic rings. The van der Waals surface area contributed by atoms with Crippen molar-refractivity contribution < 1.29 is 21.9 Å². The van der Waals surface area contributed by atoms with E-state index < -0.39 is 23.0 Å². The summed E-state index contributed by atoms with van der Waals surface area (Å²) in [4.78, 5) is 0. The van der Waals surface area contributed by atoms with E-state index in [4.69, 9.17) is 0 Å². The van der Waals surface area contributed by atoms with Crippen molar-refractivity contribution in [3.63, 3.8) is 0 Å². The monoisotopic (exact) mass is 365 g/mol. The van der Waals surface area contributed by atoms with Gasteiger partial charge in [-0.25, -0.2) is 4.68 Å². The molecule has 0 saturated carbocycles. The van der Waals surface area contributed by atoms with Gasteiger partial charge in [0, 0.05) is 11.3 Å². The van der Waals surface area contributed by atoms with E-state index in [-0.39, 0.29) is 11.4 Å². The minimum Gasteiger partial charge on any atom is -0.772 e. The predicted molar refractivity (Wildman–Crippen MR) is 86.6 cm³/mol. The third-order valence-corrected chi connectivity index (χ3v) is 4.10. The van der Waals surface area contributed by atoms with E-state index in [0.717, 1.165) is 6.07 Å². The van der Waals surface area contributed by atoms with E-state index in [0.29, 0.717) is 16.8 Å². The molecule has 0 saturated heterocycles. The second kappa shape index (κ2) is 6.81. The first-order valence-electron chi connectivity index (χ1n) is 7.22. The highest BCUT2D eigenvalue weighted by molar-refractivity contribution is 7.78. The molecule has 1 heterocycles. The molecule has 0 bridgehead atoms. The van der Waals surface area contributed by atoms with Crippen LogP contribution in [0.1, 0.15) is 11.3 Å². The van der Waals surface area contributed by atoms with Crippen LogP contribution in [0.4, 0.5) is 13.2 Å². The first kappa shape index (κ1) is 17.4. The smallest absolute Gasteiger partial charge is 0.435 e. The van der Waals surface area contributed by atoms with Crippen LogP contribution in [0.3, 0.4) is 0 Å². The predicted octanol–water partition coefficient (Wildman–Crippen LogP) is 3.94. The quantitative estimate of drug-likeness (QED) is 0.658. The molecule has 0 N–H and O–H groups in total. The molecular formula is C17H12F3N2O2S-. The van der Waals surface area contributed by atoms with Crippen LogP contribution in [-0.4, -0.2) is 18.5 Å². The highest BCUT2D eigenvalue weighted by atomic mass is 32.2. The number of benzene rings is 2. The molecule has 0 aliphatic carbocycles. The van der Waals surface area contributed by atoms with Crippen LogP contribution in [0, 0.1) is 0 Å². The summed E-state index contributed by atoms with van der Waals surface area (Å²) in [5.74, 6) is -0.147. The maximum absolute atomic E-state index is 13.1. The average molecular weight is 365 g/mol. The van der Waals surface area contributed by atoms with Crippen LogP contribution in [0.15, 0.2) is 60.7 Å². The zero-order chi connectivity index (χ0) is 18.0. The Morgan fingerprint density at radius 3 is 2.24 bits per heavy atom. The SMILES string of the molecule is O=S([O-])Cc1ccc(-c2cc(C(F)(F)F)nn2-c2ccccc2)cc1. The summed E-state index contributed by atoms with van der Waals surface area (Å²) in [6, 6.07) is 15.8. The normalized spacial score (nSPS) is 13.0. The van der Waals surface area contributed by atoms with E-state index in [1.807, 2.05) is 0 Å². The third-order valence-electron chi connectivity index (χ3n) is 3.53. The van der Waals surface area contributed by atoms with Gasteiger partial charge in [0.15, 0.2) is 5.69 Å². The minimum atomic E-state index is -4.56. The number of hydrogen-bond acceptors (Lipinski definition) is 3. The van der Waals surface area contributed by atoms with Crippen LogP contribution in [0.2, 0.25) is 0 Å². The molecule has 0 aliphatic heterocycles. The summed E-state index contributed by atoms with van der Waals surface area (Å²) in [5.41, 5.74) is 0.841. The molecule has 1 atom stereocenters. The van der Waals surface area contributed by atoms with Gasteiger partial charge < -0.3 is 4.55 Å². The van der Waals surface area contributed by atoms with Crippen molar-refractivity contribution in [2.45, 2.75) is 11.9 Å². The Morgan fingerprint density at radius 1 is 1.04 bits per heavy atom. The Hall–Kier alpha value is -2.45. The van der Waals surface area contributed by atoms with Gasteiger partial charge in [-0.3, -0.25) is 4.21 Å². The maximum Gasteiger partial charge on any atom is 0.435 e. The number of halogens is 3. The topological polar surface area (TPSA) is 57.9 Å². The number of hydrogen-bond donors (Lipinski definition) is 0. The summed E-state index contributed by atoms with van der Waals surface area (Å²) < 4.78 is 61.9. The molecule has 4 nitrogen and oxygen atoms in total. The third kappa shape index (κ3) is 3.97. The van der Waals surface area contributed by atoms with Crippen LogP contribution in [0.5, 0.6) is 0 Å². The second-order valence-corrected chi connectivity index (χ2v) is 6.20. The molecule has 3 rings (SSSR count). The van der Waals surface area contributed by atoms with Gasteiger partial charge >= 0.3 is 6.18 Å². The zero-order valence-electron chi connectivity index (χ0n) is 12.7. The Bertz CT molecular complexity index is 891. The van der Waals surface area contributed by atoms with Crippen LogP contribution >= 0.6 is 0 Å². The van der Waals surface area contributed by atoms with Gasteiger partial charge in [-0.05, 0) is 23.8 Å². The number of alkyl halides is 3. The van der Waals surface area contributed by atoms with Gasteiger partial charge in [0.25, 0.3) is 0 Å². The largest absolute Gasteiger partial charge is 0.772 e. The summed E-state index contributed by atoms with van der Waals surface area (Å²) in [6.45, 7) is 0. The number of aromatic nitrogens is 2. The van der Waals surface area contributed by atoms with Crippen molar-refractivity contribution in [2.24, 2.45) is 0 Å². The number of rotatable bonds is 4. The summed E-state index contributed by atoms with van der Waals surface area (Å²) >= 11 is -2.23. The lowest BCUT2D eigenvalue weighted by atomic mass is 10.1. The first-order valence-corrected chi connectivity index (χ1v) is 8.47. The lowest BCUT2D eigenvalue weighted by molar-refractivity contribution is -0.141. The highest BCUT2D eigenvalue weighted by Gasteiger charge is 2.35. The summed E-state index contributed by atoms with van der Waals surface area (Å²) in [7, 11) is 0. The molecule has 1 unspecified atom stereocenters. The fourth-order valence-corrected chi connectivity index (χ4v) is 2.86. The molecule has 0 amide bonds. The summed E-state index contributed by atoms with van der Waals surface area (Å²) in [5, 5.41) is 3.69. The molecule has 25 heavy (non-hydrogen) atoms. The molecule has 0 spiro atoms. The highest BCUT2D eigenvalue weighted by Crippen LogP contribution is 2.33. The van der Waals surface area contributed by atoms with Crippen LogP contribution in [-0.2, 0) is 23.0 Å². The van der Waals surface area contributed by atoms with E-state index in [9.17, 15) is 21.9 Å². The van der Waals surface area contributed by atoms with Gasteiger partial charge in [-0.1, -0.05) is 53.5 Å². The van der Waals surface area contributed by atoms with E-state index in [1.165, 1.54) is 4.68 Å². The molecular weight excluding hydrogens is 353 g/mol. The zero-order valence-corrected chi connectivity index (χ0v) is 13.6. The van der Waals surface area contributed by atoms with Gasteiger partial charge in [-0.15, -0.1) is 0 Å². The Kier molecular flexibility index (Phi) is 4.73. The molecule has 0 fully saturated rings.